The third kappa shape index (κ3) is 4.45. The first-order valence-electron chi connectivity index (χ1n) is 7.74. The van der Waals surface area contributed by atoms with Crippen LogP contribution in [0.3, 0.4) is 0 Å². The van der Waals surface area contributed by atoms with Gasteiger partial charge in [0.1, 0.15) is 16.4 Å². The quantitative estimate of drug-likeness (QED) is 0.486. The van der Waals surface area contributed by atoms with Crippen molar-refractivity contribution in [2.75, 3.05) is 10.0 Å². The second kappa shape index (κ2) is 8.05. The molecule has 0 saturated heterocycles. The van der Waals surface area contributed by atoms with Crippen molar-refractivity contribution in [3.63, 3.8) is 0 Å². The number of hydrogen-bond donors (Lipinski definition) is 2. The smallest absolute Gasteiger partial charge is 0.275 e. The monoisotopic (exact) mass is 534 g/mol. The molecule has 0 aliphatic carbocycles. The van der Waals surface area contributed by atoms with E-state index in [4.69, 9.17) is 11.6 Å². The lowest BCUT2D eigenvalue weighted by atomic mass is 10.3. The van der Waals surface area contributed by atoms with Crippen molar-refractivity contribution in [2.24, 2.45) is 7.05 Å². The summed E-state index contributed by atoms with van der Waals surface area (Å²) >= 11 is 7.73. The summed E-state index contributed by atoms with van der Waals surface area (Å²) in [6, 6.07) is 9.21. The molecule has 0 atom stereocenters. The van der Waals surface area contributed by atoms with Crippen molar-refractivity contribution in [3.05, 3.63) is 68.8 Å². The molecule has 1 heterocycles. The average Bonchev–Trinajstić information content (AvgIpc) is 2.97. The molecule has 0 unspecified atom stereocenters. The van der Waals surface area contributed by atoms with Gasteiger partial charge >= 0.3 is 0 Å². The molecule has 146 valence electrons. The Labute approximate surface area is 179 Å². The van der Waals surface area contributed by atoms with Crippen molar-refractivity contribution in [1.82, 2.24) is 9.78 Å². The summed E-state index contributed by atoms with van der Waals surface area (Å²) in [4.78, 5) is 11.8. The minimum absolute atomic E-state index is 0.125. The average molecular weight is 535 g/mol. The highest BCUT2D eigenvalue weighted by Gasteiger charge is 2.21. The summed E-state index contributed by atoms with van der Waals surface area (Å²) in [6.07, 6.45) is 1.52. The van der Waals surface area contributed by atoms with Crippen LogP contribution < -0.4 is 10.0 Å². The zero-order chi connectivity index (χ0) is 20.5. The van der Waals surface area contributed by atoms with Crippen molar-refractivity contribution >= 4 is 61.5 Å². The zero-order valence-electron chi connectivity index (χ0n) is 14.3. The van der Waals surface area contributed by atoms with Gasteiger partial charge in [-0.25, -0.2) is 12.8 Å². The number of carbonyl (C=O) groups excluding carboxylic acids is 1. The first-order chi connectivity index (χ1) is 13.2. The molecule has 0 bridgehead atoms. The van der Waals surface area contributed by atoms with Gasteiger partial charge in [-0.15, -0.1) is 0 Å². The van der Waals surface area contributed by atoms with E-state index in [2.05, 4.69) is 15.1 Å². The van der Waals surface area contributed by atoms with Gasteiger partial charge in [-0.3, -0.25) is 14.2 Å². The molecule has 11 heteroatoms. The van der Waals surface area contributed by atoms with Crippen molar-refractivity contribution in [3.8, 4) is 0 Å². The predicted octanol–water partition coefficient (Wildman–Crippen LogP) is 3.87. The number of nitrogens with one attached hydrogen (secondary N) is 2. The lowest BCUT2D eigenvalue weighted by Crippen LogP contribution is -2.19. The first-order valence-corrected chi connectivity index (χ1v) is 10.7. The number of hydrogen-bond acceptors (Lipinski definition) is 4. The Kier molecular flexibility index (Phi) is 5.91. The van der Waals surface area contributed by atoms with E-state index in [0.29, 0.717) is 14.3 Å². The molecular weight excluding hydrogens is 522 g/mol. The van der Waals surface area contributed by atoms with Crippen LogP contribution in [0.25, 0.3) is 0 Å². The number of halogens is 3. The van der Waals surface area contributed by atoms with Crippen LogP contribution in [0.5, 0.6) is 0 Å². The SMILES string of the molecule is Cn1ncc(I)c1C(=O)Nc1ccc(F)c(S(=O)(=O)Nc2ccc(Cl)cc2)c1. The predicted molar refractivity (Wildman–Crippen MR) is 113 cm³/mol. The molecule has 0 aliphatic rings. The van der Waals surface area contributed by atoms with Crippen LogP contribution in [-0.4, -0.2) is 24.1 Å². The van der Waals surface area contributed by atoms with Crippen LogP contribution in [-0.2, 0) is 17.1 Å². The standard InChI is InChI=1S/C17H13ClFIN4O3S/c1-24-16(14(20)9-21-24)17(25)22-12-6-7-13(19)15(8-12)28(26,27)23-11-4-2-10(18)3-5-11/h2-9,23H,1H3,(H,22,25). The van der Waals surface area contributed by atoms with Crippen molar-refractivity contribution in [2.45, 2.75) is 4.90 Å². The van der Waals surface area contributed by atoms with Gasteiger partial charge in [0.15, 0.2) is 0 Å². The molecule has 28 heavy (non-hydrogen) atoms. The third-order valence-corrected chi connectivity index (χ3v) is 6.12. The second-order valence-electron chi connectivity index (χ2n) is 5.68. The number of aryl methyl sites for hydroxylation is 1. The fourth-order valence-electron chi connectivity index (χ4n) is 2.37. The summed E-state index contributed by atoms with van der Waals surface area (Å²) in [7, 11) is -2.62. The van der Waals surface area contributed by atoms with Gasteiger partial charge in [0.05, 0.1) is 9.77 Å². The van der Waals surface area contributed by atoms with Crippen molar-refractivity contribution in [1.29, 1.82) is 0 Å². The van der Waals surface area contributed by atoms with Gasteiger partial charge in [0.2, 0.25) is 0 Å². The number of amides is 1. The molecule has 2 N–H and O–H groups in total. The highest BCUT2D eigenvalue weighted by atomic mass is 127. The van der Waals surface area contributed by atoms with E-state index in [1.165, 1.54) is 41.2 Å². The van der Waals surface area contributed by atoms with Crippen LogP contribution >= 0.6 is 34.2 Å². The molecule has 0 saturated carbocycles. The number of rotatable bonds is 5. The Bertz CT molecular complexity index is 1130. The molecule has 3 rings (SSSR count). The second-order valence-corrected chi connectivity index (χ2v) is 8.93. The van der Waals surface area contributed by atoms with E-state index in [1.807, 2.05) is 22.6 Å². The summed E-state index contributed by atoms with van der Waals surface area (Å²) in [5.74, 6) is -1.44. The molecule has 3 aromatic rings. The van der Waals surface area contributed by atoms with Crippen molar-refractivity contribution < 1.29 is 17.6 Å². The molecule has 1 aromatic heterocycles. The Balaban J connectivity index is 1.88. The van der Waals surface area contributed by atoms with Crippen LogP contribution in [0.4, 0.5) is 15.8 Å². The maximum atomic E-state index is 14.2. The molecule has 2 aromatic carbocycles. The summed E-state index contributed by atoms with van der Waals surface area (Å²) in [6.45, 7) is 0. The number of nitrogens with zero attached hydrogens (tertiary/aromatic N) is 2. The highest BCUT2D eigenvalue weighted by molar-refractivity contribution is 14.1. The van der Waals surface area contributed by atoms with Gasteiger partial charge < -0.3 is 5.32 Å². The van der Waals surface area contributed by atoms with E-state index in [9.17, 15) is 17.6 Å². The number of sulfonamides is 1. The van der Waals surface area contributed by atoms with Gasteiger partial charge in [-0.1, -0.05) is 11.6 Å². The van der Waals surface area contributed by atoms with E-state index in [0.717, 1.165) is 12.1 Å². The fraction of sp³-hybridized carbons (Fsp3) is 0.0588. The number of aromatic nitrogens is 2. The number of anilines is 2. The van der Waals surface area contributed by atoms with E-state index < -0.39 is 26.6 Å². The van der Waals surface area contributed by atoms with Gasteiger partial charge in [-0.2, -0.15) is 5.10 Å². The van der Waals surface area contributed by atoms with Gasteiger partial charge in [0, 0.05) is 23.4 Å². The number of carbonyl (C=O) groups is 1. The zero-order valence-corrected chi connectivity index (χ0v) is 18.0. The molecule has 0 aliphatic heterocycles. The first kappa shape index (κ1) is 20.6. The summed E-state index contributed by atoms with van der Waals surface area (Å²) in [5, 5.41) is 6.97. The topological polar surface area (TPSA) is 93.1 Å². The molecular formula is C17H13ClFIN4O3S. The van der Waals surface area contributed by atoms with Gasteiger partial charge in [-0.05, 0) is 65.1 Å². The van der Waals surface area contributed by atoms with Gasteiger partial charge in [0.25, 0.3) is 15.9 Å². The fourth-order valence-corrected chi connectivity index (χ4v) is 4.38. The maximum absolute atomic E-state index is 14.2. The minimum Gasteiger partial charge on any atom is -0.321 e. The third-order valence-electron chi connectivity index (χ3n) is 3.68. The Hall–Kier alpha value is -2.18. The van der Waals surface area contributed by atoms with E-state index >= 15 is 0 Å². The van der Waals surface area contributed by atoms with Crippen LogP contribution in [0.2, 0.25) is 5.02 Å². The van der Waals surface area contributed by atoms with Crippen LogP contribution in [0.1, 0.15) is 10.5 Å². The van der Waals surface area contributed by atoms with E-state index in [1.54, 1.807) is 7.05 Å². The molecule has 0 fully saturated rings. The summed E-state index contributed by atoms with van der Waals surface area (Å²) < 4.78 is 43.6. The lowest BCUT2D eigenvalue weighted by Gasteiger charge is -2.11. The van der Waals surface area contributed by atoms with E-state index in [-0.39, 0.29) is 11.4 Å². The number of benzene rings is 2. The summed E-state index contributed by atoms with van der Waals surface area (Å²) in [5.41, 5.74) is 0.649. The highest BCUT2D eigenvalue weighted by Crippen LogP contribution is 2.24. The lowest BCUT2D eigenvalue weighted by molar-refractivity contribution is 0.101. The Morgan fingerprint density at radius 3 is 2.43 bits per heavy atom. The molecule has 0 radical (unpaired) electrons. The largest absolute Gasteiger partial charge is 0.321 e. The maximum Gasteiger partial charge on any atom is 0.275 e. The Morgan fingerprint density at radius 2 is 1.82 bits per heavy atom. The van der Waals surface area contributed by atoms with Crippen LogP contribution in [0.15, 0.2) is 53.6 Å². The Morgan fingerprint density at radius 1 is 1.18 bits per heavy atom. The molecule has 1 amide bonds. The molecule has 0 spiro atoms. The minimum atomic E-state index is -4.22. The van der Waals surface area contributed by atoms with Crippen LogP contribution in [0, 0.1) is 9.39 Å². The molecule has 7 nitrogen and oxygen atoms in total. The normalized spacial score (nSPS) is 11.3.